The third kappa shape index (κ3) is 17.4. The quantitative estimate of drug-likeness (QED) is 0.139. The van der Waals surface area contributed by atoms with Crippen LogP contribution in [0.5, 0.6) is 0 Å². The average molecular weight is 1140 g/mol. The molecule has 0 spiro atoms. The van der Waals surface area contributed by atoms with Crippen LogP contribution in [0.15, 0.2) is 30.3 Å². The predicted octanol–water partition coefficient (Wildman–Crippen LogP) is 0.513. The van der Waals surface area contributed by atoms with Gasteiger partial charge in [-0.1, -0.05) is 92.1 Å². The van der Waals surface area contributed by atoms with Gasteiger partial charge >= 0.3 is 5.97 Å². The number of fused-ring (bicyclic) bond motifs is 2. The van der Waals surface area contributed by atoms with Crippen LogP contribution in [0.3, 0.4) is 0 Å². The number of benzene rings is 1. The van der Waals surface area contributed by atoms with Crippen LogP contribution in [-0.2, 0) is 68.7 Å². The maximum absolute atomic E-state index is 14.9. The number of primary amides is 2. The van der Waals surface area contributed by atoms with Gasteiger partial charge in [-0.3, -0.25) is 52.7 Å². The fraction of sp³-hybridized carbons (Fsp3) is 0.684. The van der Waals surface area contributed by atoms with Crippen molar-refractivity contribution in [3.8, 4) is 0 Å². The van der Waals surface area contributed by atoms with Gasteiger partial charge in [0.1, 0.15) is 48.3 Å². The second kappa shape index (κ2) is 30.6. The van der Waals surface area contributed by atoms with E-state index in [2.05, 4.69) is 21.3 Å². The summed E-state index contributed by atoms with van der Waals surface area (Å²) in [6.45, 7) is 13.3. The number of likely N-dealkylation sites (N-methyl/N-ethyl adjacent to an activating group) is 3. The molecule has 8 N–H and O–H groups in total. The first-order valence-corrected chi connectivity index (χ1v) is 28.6. The van der Waals surface area contributed by atoms with E-state index in [0.29, 0.717) is 37.7 Å². The molecule has 3 heterocycles. The number of amides is 11. The molecule has 3 fully saturated rings. The molecule has 0 aliphatic carbocycles. The largest absolute Gasteiger partial charge is 0.450 e. The number of rotatable bonds is 14. The highest BCUT2D eigenvalue weighted by Gasteiger charge is 2.45. The smallest absolute Gasteiger partial charge is 0.329 e. The lowest BCUT2D eigenvalue weighted by atomic mass is 9.93. The maximum atomic E-state index is 14.9. The zero-order valence-corrected chi connectivity index (χ0v) is 49.2. The number of piperidine rings is 1. The van der Waals surface area contributed by atoms with E-state index >= 15 is 0 Å². The van der Waals surface area contributed by atoms with Crippen molar-refractivity contribution < 1.29 is 62.3 Å². The molecular formula is C57H89N11O13. The lowest BCUT2D eigenvalue weighted by molar-refractivity contribution is -0.167. The van der Waals surface area contributed by atoms with Gasteiger partial charge in [0.05, 0.1) is 6.54 Å². The lowest BCUT2D eigenvalue weighted by Gasteiger charge is -2.40. The molecule has 81 heavy (non-hydrogen) atoms. The highest BCUT2D eigenvalue weighted by molar-refractivity contribution is 5.99. The molecular weight excluding hydrogens is 1050 g/mol. The first kappa shape index (κ1) is 66.4. The first-order chi connectivity index (χ1) is 38.2. The number of ether oxygens (including phenoxy) is 1. The number of carbonyl (C=O) groups is 12. The molecule has 0 saturated carbocycles. The molecule has 4 rings (SSSR count). The van der Waals surface area contributed by atoms with Crippen molar-refractivity contribution >= 4 is 70.9 Å². The third-order valence-electron chi connectivity index (χ3n) is 16.1. The fourth-order valence-corrected chi connectivity index (χ4v) is 10.7. The van der Waals surface area contributed by atoms with E-state index in [0.717, 1.165) is 14.7 Å². The molecule has 450 valence electrons. The SMILES string of the molecule is CC[C@@H](C)[C@@H]1OC(=O)[C@@H](CCC(N)=O)N(C)C(=O)[C@H](C(C)C)NC(=O)[C@@H]2CCCCN2C(=O)C([C@@H](C)CC)NC(=O)[C@@H](CCC(N)=O)N(C)C(=O)[C@@H](C(C)C)N(C)C(=O)CNC(=O)[C@@H]2CCCN2C(=O)[C@H](Cc2ccccc2)NC1=O. The van der Waals surface area contributed by atoms with Gasteiger partial charge in [-0.25, -0.2) is 4.79 Å². The van der Waals surface area contributed by atoms with E-state index in [-0.39, 0.29) is 58.0 Å². The Labute approximate surface area is 476 Å². The molecule has 1 aromatic carbocycles. The van der Waals surface area contributed by atoms with Gasteiger partial charge in [0.2, 0.25) is 59.1 Å². The van der Waals surface area contributed by atoms with Crippen LogP contribution in [-0.4, -0.2) is 191 Å². The van der Waals surface area contributed by atoms with Crippen LogP contribution in [0.25, 0.3) is 0 Å². The standard InChI is InChI=1S/C57H89N11O13/c1-12-34(7)46-55(78)68-28-18-17-22-40(68)51(74)62-45(32(3)4)54(77)65(10)41(25-27-43(59)70)57(80)81-48(35(8)13-2)52(75)61-37(30-36-20-15-14-16-21-36)53(76)67-29-19-23-39(67)49(72)60-31-44(71)66(11)47(33(5)6)56(79)64(9)38(50(73)63-46)24-26-42(58)69/h14-16,20-21,32-35,37-41,45-48H,12-13,17-19,22-31H2,1-11H3,(H2,58,69)(H2,59,70)(H,60,72)(H,61,75)(H,62,74)(H,63,73)/t34-,35+,37-,38+,39-,40-,41+,45-,46?,47+,48-/m0/s1. The predicted molar refractivity (Wildman–Crippen MR) is 298 cm³/mol. The summed E-state index contributed by atoms with van der Waals surface area (Å²) < 4.78 is 6.01. The first-order valence-electron chi connectivity index (χ1n) is 28.6. The summed E-state index contributed by atoms with van der Waals surface area (Å²) in [7, 11) is 4.01. The second-order valence-corrected chi connectivity index (χ2v) is 22.7. The number of carbonyl (C=O) groups excluding carboxylic acids is 12. The minimum atomic E-state index is -1.55. The topological polar surface area (TPSA) is 330 Å². The number of nitrogens with two attached hydrogens (primary N) is 2. The molecule has 3 aliphatic rings. The van der Waals surface area contributed by atoms with Gasteiger partial charge in [-0.2, -0.15) is 0 Å². The lowest BCUT2D eigenvalue weighted by Crippen LogP contribution is -2.63. The number of hydrogen-bond acceptors (Lipinski definition) is 13. The normalized spacial score (nSPS) is 27.0. The van der Waals surface area contributed by atoms with Gasteiger partial charge in [0, 0.05) is 59.4 Å². The maximum Gasteiger partial charge on any atom is 0.329 e. The average Bonchev–Trinajstić information content (AvgIpc) is 3.96. The Hall–Kier alpha value is -7.14. The molecule has 3 saturated heterocycles. The summed E-state index contributed by atoms with van der Waals surface area (Å²) in [4.78, 5) is 176. The van der Waals surface area contributed by atoms with Crippen molar-refractivity contribution in [2.24, 2.45) is 35.1 Å². The van der Waals surface area contributed by atoms with Crippen molar-refractivity contribution in [2.75, 3.05) is 40.8 Å². The van der Waals surface area contributed by atoms with Crippen LogP contribution in [0.1, 0.15) is 132 Å². The van der Waals surface area contributed by atoms with Crippen molar-refractivity contribution in [2.45, 2.75) is 187 Å². The van der Waals surface area contributed by atoms with E-state index in [1.165, 1.54) is 30.9 Å². The zero-order valence-electron chi connectivity index (χ0n) is 49.2. The summed E-state index contributed by atoms with van der Waals surface area (Å²) in [5.74, 6) is -11.4. The van der Waals surface area contributed by atoms with Gasteiger partial charge in [0.25, 0.3) is 5.91 Å². The molecule has 1 unspecified atom stereocenters. The van der Waals surface area contributed by atoms with E-state index in [1.807, 2.05) is 6.92 Å². The highest BCUT2D eigenvalue weighted by Crippen LogP contribution is 2.26. The van der Waals surface area contributed by atoms with Crippen LogP contribution in [0.4, 0.5) is 0 Å². The Morgan fingerprint density at radius 1 is 0.593 bits per heavy atom. The molecule has 11 amide bonds. The van der Waals surface area contributed by atoms with Crippen molar-refractivity contribution in [1.29, 1.82) is 0 Å². The van der Waals surface area contributed by atoms with Gasteiger partial charge in [-0.05, 0) is 74.7 Å². The van der Waals surface area contributed by atoms with Crippen LogP contribution >= 0.6 is 0 Å². The summed E-state index contributed by atoms with van der Waals surface area (Å²) in [5.41, 5.74) is 11.8. The Kier molecular flexibility index (Phi) is 25.1. The van der Waals surface area contributed by atoms with Crippen LogP contribution < -0.4 is 32.7 Å². The fourth-order valence-electron chi connectivity index (χ4n) is 10.7. The number of esters is 1. The Morgan fingerprint density at radius 2 is 1.14 bits per heavy atom. The molecule has 0 radical (unpaired) electrons. The Balaban J connectivity index is 1.87. The molecule has 11 atom stereocenters. The zero-order chi connectivity index (χ0) is 60.6. The minimum Gasteiger partial charge on any atom is -0.450 e. The molecule has 0 bridgehead atoms. The highest BCUT2D eigenvalue weighted by atomic mass is 16.6. The summed E-state index contributed by atoms with van der Waals surface area (Å²) in [6.07, 6.45) is -0.424. The van der Waals surface area contributed by atoms with Gasteiger partial charge < -0.3 is 62.0 Å². The van der Waals surface area contributed by atoms with E-state index in [4.69, 9.17) is 16.2 Å². The van der Waals surface area contributed by atoms with Crippen LogP contribution in [0.2, 0.25) is 0 Å². The van der Waals surface area contributed by atoms with E-state index in [1.54, 1.807) is 78.8 Å². The Morgan fingerprint density at radius 3 is 1.72 bits per heavy atom. The molecule has 0 aromatic heterocycles. The number of cyclic esters (lactones) is 1. The van der Waals surface area contributed by atoms with E-state index in [9.17, 15) is 57.5 Å². The van der Waals surface area contributed by atoms with E-state index < -0.39 is 156 Å². The van der Waals surface area contributed by atoms with Crippen molar-refractivity contribution in [3.63, 3.8) is 0 Å². The summed E-state index contributed by atoms with van der Waals surface area (Å²) in [6, 6.07) is -1.43. The third-order valence-corrected chi connectivity index (χ3v) is 16.1. The molecule has 24 nitrogen and oxygen atoms in total. The van der Waals surface area contributed by atoms with Gasteiger partial charge in [0.15, 0.2) is 6.10 Å². The monoisotopic (exact) mass is 1140 g/mol. The number of nitrogens with zero attached hydrogens (tertiary/aromatic N) is 5. The van der Waals surface area contributed by atoms with Crippen molar-refractivity contribution in [3.05, 3.63) is 35.9 Å². The van der Waals surface area contributed by atoms with Crippen molar-refractivity contribution in [1.82, 2.24) is 45.8 Å². The summed E-state index contributed by atoms with van der Waals surface area (Å²) >= 11 is 0. The summed E-state index contributed by atoms with van der Waals surface area (Å²) in [5, 5.41) is 11.1. The molecule has 1 aromatic rings. The minimum absolute atomic E-state index is 0.0448. The Bertz CT molecular complexity index is 2440. The number of hydrogen-bond donors (Lipinski definition) is 6. The second-order valence-electron chi connectivity index (χ2n) is 22.7. The van der Waals surface area contributed by atoms with Gasteiger partial charge in [-0.15, -0.1) is 0 Å². The molecule has 24 heteroatoms. The van der Waals surface area contributed by atoms with Crippen LogP contribution in [0, 0.1) is 23.7 Å². The molecule has 3 aliphatic heterocycles. The number of nitrogens with one attached hydrogen (secondary N) is 4.